The highest BCUT2D eigenvalue weighted by atomic mass is 16.1. The Morgan fingerprint density at radius 2 is 2.21 bits per heavy atom. The van der Waals surface area contributed by atoms with Crippen molar-refractivity contribution in [2.75, 3.05) is 0 Å². The molecule has 0 bridgehead atoms. The van der Waals surface area contributed by atoms with Crippen molar-refractivity contribution in [1.82, 2.24) is 4.98 Å². The van der Waals surface area contributed by atoms with Gasteiger partial charge in [0.1, 0.15) is 5.78 Å². The standard InChI is InChI=1S/C11H11NO2/c1-9(13)8-11(14)6-5-10-4-2-3-7-12-10/h2-7H,8H2,1H3. The maximum atomic E-state index is 11.1. The van der Waals surface area contributed by atoms with Crippen LogP contribution in [0.25, 0.3) is 6.08 Å². The van der Waals surface area contributed by atoms with Crippen molar-refractivity contribution < 1.29 is 9.59 Å². The van der Waals surface area contributed by atoms with Crippen LogP contribution in [0.4, 0.5) is 0 Å². The van der Waals surface area contributed by atoms with Gasteiger partial charge in [-0.25, -0.2) is 0 Å². The SMILES string of the molecule is CC(=O)CC(=O)C=Cc1ccccn1. The molecule has 0 aliphatic rings. The predicted molar refractivity (Wildman–Crippen MR) is 53.6 cm³/mol. The number of ketones is 2. The van der Waals surface area contributed by atoms with Crippen LogP contribution < -0.4 is 0 Å². The number of allylic oxidation sites excluding steroid dienone is 1. The molecule has 0 aliphatic heterocycles. The van der Waals surface area contributed by atoms with Gasteiger partial charge < -0.3 is 0 Å². The molecule has 0 unspecified atom stereocenters. The molecule has 0 aromatic carbocycles. The number of carbonyl (C=O) groups is 2. The third-order valence-corrected chi connectivity index (χ3v) is 1.55. The van der Waals surface area contributed by atoms with Crippen LogP contribution in [0.3, 0.4) is 0 Å². The molecule has 1 heterocycles. The summed E-state index contributed by atoms with van der Waals surface area (Å²) in [6.07, 6.45) is 4.59. The largest absolute Gasteiger partial charge is 0.300 e. The maximum Gasteiger partial charge on any atom is 0.163 e. The van der Waals surface area contributed by atoms with Gasteiger partial charge in [0, 0.05) is 6.20 Å². The fourth-order valence-corrected chi connectivity index (χ4v) is 0.957. The number of pyridine rings is 1. The molecular weight excluding hydrogens is 178 g/mol. The molecule has 0 atom stereocenters. The van der Waals surface area contributed by atoms with Crippen LogP contribution in [0.2, 0.25) is 0 Å². The van der Waals surface area contributed by atoms with Gasteiger partial charge in [0.2, 0.25) is 0 Å². The van der Waals surface area contributed by atoms with Crippen molar-refractivity contribution in [3.8, 4) is 0 Å². The lowest BCUT2D eigenvalue weighted by molar-refractivity contribution is -0.123. The highest BCUT2D eigenvalue weighted by Crippen LogP contribution is 1.97. The lowest BCUT2D eigenvalue weighted by atomic mass is 10.2. The summed E-state index contributed by atoms with van der Waals surface area (Å²) in [6.45, 7) is 1.40. The Balaban J connectivity index is 2.56. The minimum absolute atomic E-state index is 0.0384. The maximum absolute atomic E-state index is 11.1. The predicted octanol–water partition coefficient (Wildman–Crippen LogP) is 1.64. The summed E-state index contributed by atoms with van der Waals surface area (Å²) in [5.74, 6) is -0.316. The molecule has 72 valence electrons. The van der Waals surface area contributed by atoms with Crippen LogP contribution in [-0.4, -0.2) is 16.6 Å². The third kappa shape index (κ3) is 3.76. The van der Waals surface area contributed by atoms with Gasteiger partial charge in [-0.2, -0.15) is 0 Å². The van der Waals surface area contributed by atoms with Gasteiger partial charge in [-0.05, 0) is 31.2 Å². The number of aromatic nitrogens is 1. The summed E-state index contributed by atoms with van der Waals surface area (Å²) in [4.78, 5) is 25.7. The van der Waals surface area contributed by atoms with E-state index in [1.165, 1.54) is 13.0 Å². The number of carbonyl (C=O) groups excluding carboxylic acids is 2. The number of nitrogens with zero attached hydrogens (tertiary/aromatic N) is 1. The Labute approximate surface area is 82.5 Å². The zero-order valence-electron chi connectivity index (χ0n) is 7.93. The van der Waals surface area contributed by atoms with Crippen LogP contribution in [-0.2, 0) is 9.59 Å². The first-order valence-electron chi connectivity index (χ1n) is 4.30. The molecule has 14 heavy (non-hydrogen) atoms. The summed E-state index contributed by atoms with van der Waals surface area (Å²) < 4.78 is 0. The van der Waals surface area contributed by atoms with E-state index in [-0.39, 0.29) is 18.0 Å². The molecular formula is C11H11NO2. The van der Waals surface area contributed by atoms with Crippen molar-refractivity contribution in [1.29, 1.82) is 0 Å². The first-order valence-corrected chi connectivity index (χ1v) is 4.30. The van der Waals surface area contributed by atoms with Gasteiger partial charge >= 0.3 is 0 Å². The quantitative estimate of drug-likeness (QED) is 0.534. The van der Waals surface area contributed by atoms with E-state index in [2.05, 4.69) is 4.98 Å². The van der Waals surface area contributed by atoms with E-state index in [1.807, 2.05) is 6.07 Å². The lowest BCUT2D eigenvalue weighted by Gasteiger charge is -1.90. The summed E-state index contributed by atoms with van der Waals surface area (Å²) in [5, 5.41) is 0. The monoisotopic (exact) mass is 189 g/mol. The summed E-state index contributed by atoms with van der Waals surface area (Å²) in [6, 6.07) is 5.43. The Hall–Kier alpha value is -1.77. The molecule has 0 spiro atoms. The van der Waals surface area contributed by atoms with Gasteiger partial charge in [0.25, 0.3) is 0 Å². The molecule has 1 rings (SSSR count). The van der Waals surface area contributed by atoms with Crippen molar-refractivity contribution >= 4 is 17.6 Å². The van der Waals surface area contributed by atoms with E-state index in [0.717, 1.165) is 0 Å². The molecule has 0 aliphatic carbocycles. The van der Waals surface area contributed by atoms with Gasteiger partial charge in [-0.1, -0.05) is 6.07 Å². The normalized spacial score (nSPS) is 10.4. The average molecular weight is 189 g/mol. The van der Waals surface area contributed by atoms with E-state index >= 15 is 0 Å². The molecule has 3 nitrogen and oxygen atoms in total. The Bertz CT molecular complexity index is 355. The van der Waals surface area contributed by atoms with Crippen molar-refractivity contribution in [3.05, 3.63) is 36.2 Å². The highest BCUT2D eigenvalue weighted by molar-refractivity contribution is 6.05. The first kappa shape index (κ1) is 10.3. The van der Waals surface area contributed by atoms with Gasteiger partial charge in [0.05, 0.1) is 12.1 Å². The number of hydrogen-bond donors (Lipinski definition) is 0. The van der Waals surface area contributed by atoms with Crippen LogP contribution in [0.1, 0.15) is 19.0 Å². The van der Waals surface area contributed by atoms with Crippen molar-refractivity contribution in [2.45, 2.75) is 13.3 Å². The van der Waals surface area contributed by atoms with Gasteiger partial charge in [0.15, 0.2) is 5.78 Å². The minimum Gasteiger partial charge on any atom is -0.300 e. The molecule has 0 saturated carbocycles. The molecule has 0 N–H and O–H groups in total. The van der Waals surface area contributed by atoms with E-state index < -0.39 is 0 Å². The summed E-state index contributed by atoms with van der Waals surface area (Å²) >= 11 is 0. The zero-order valence-corrected chi connectivity index (χ0v) is 7.93. The van der Waals surface area contributed by atoms with Crippen LogP contribution >= 0.6 is 0 Å². The third-order valence-electron chi connectivity index (χ3n) is 1.55. The van der Waals surface area contributed by atoms with E-state index in [9.17, 15) is 9.59 Å². The smallest absolute Gasteiger partial charge is 0.163 e. The average Bonchev–Trinajstić information content (AvgIpc) is 2.15. The van der Waals surface area contributed by atoms with E-state index in [0.29, 0.717) is 5.69 Å². The number of Topliss-reactive ketones (excluding diaryl/α,β-unsaturated/α-hetero) is 1. The number of rotatable bonds is 4. The second kappa shape index (κ2) is 5.07. The number of hydrogen-bond acceptors (Lipinski definition) is 3. The summed E-state index contributed by atoms with van der Waals surface area (Å²) in [5.41, 5.74) is 0.712. The second-order valence-electron chi connectivity index (χ2n) is 2.93. The fourth-order valence-electron chi connectivity index (χ4n) is 0.957. The second-order valence-corrected chi connectivity index (χ2v) is 2.93. The molecule has 1 aromatic rings. The Kier molecular flexibility index (Phi) is 3.73. The zero-order chi connectivity index (χ0) is 10.4. The lowest BCUT2D eigenvalue weighted by Crippen LogP contribution is -2.00. The van der Waals surface area contributed by atoms with Gasteiger partial charge in [-0.15, -0.1) is 0 Å². The Morgan fingerprint density at radius 3 is 2.79 bits per heavy atom. The van der Waals surface area contributed by atoms with E-state index in [4.69, 9.17) is 0 Å². The van der Waals surface area contributed by atoms with Crippen molar-refractivity contribution in [3.63, 3.8) is 0 Å². The highest BCUT2D eigenvalue weighted by Gasteiger charge is 1.99. The van der Waals surface area contributed by atoms with Crippen LogP contribution in [0.5, 0.6) is 0 Å². The Morgan fingerprint density at radius 1 is 1.43 bits per heavy atom. The molecule has 0 saturated heterocycles. The minimum atomic E-state index is -0.192. The molecule has 0 fully saturated rings. The molecule has 0 amide bonds. The van der Waals surface area contributed by atoms with E-state index in [1.54, 1.807) is 24.4 Å². The molecule has 3 heteroatoms. The fraction of sp³-hybridized carbons (Fsp3) is 0.182. The van der Waals surface area contributed by atoms with Gasteiger partial charge in [-0.3, -0.25) is 14.6 Å². The van der Waals surface area contributed by atoms with Crippen LogP contribution in [0.15, 0.2) is 30.5 Å². The van der Waals surface area contributed by atoms with Crippen LogP contribution in [0, 0.1) is 0 Å². The first-order chi connectivity index (χ1) is 6.68. The summed E-state index contributed by atoms with van der Waals surface area (Å²) in [7, 11) is 0. The topological polar surface area (TPSA) is 47.0 Å². The molecule has 0 radical (unpaired) electrons. The van der Waals surface area contributed by atoms with Crippen molar-refractivity contribution in [2.24, 2.45) is 0 Å². The molecule has 1 aromatic heterocycles.